The predicted molar refractivity (Wildman–Crippen MR) is 88.4 cm³/mol. The molecule has 1 aromatic carbocycles. The Kier molecular flexibility index (Phi) is 8.27. The van der Waals surface area contributed by atoms with Gasteiger partial charge in [-0.15, -0.1) is 0 Å². The first-order valence-electron chi connectivity index (χ1n) is 7.98. The van der Waals surface area contributed by atoms with Gasteiger partial charge in [-0.2, -0.15) is 8.78 Å². The van der Waals surface area contributed by atoms with E-state index in [9.17, 15) is 23.5 Å². The minimum atomic E-state index is -2.88. The lowest BCUT2D eigenvalue weighted by molar-refractivity contribution is -0.141. The highest BCUT2D eigenvalue weighted by Crippen LogP contribution is 2.15. The molecule has 1 amide bonds. The number of ether oxygens (including phenoxy) is 1. The zero-order valence-electron chi connectivity index (χ0n) is 14.5. The molecule has 2 atom stereocenters. The maximum atomic E-state index is 12.1. The molecule has 25 heavy (non-hydrogen) atoms. The lowest BCUT2D eigenvalue weighted by Crippen LogP contribution is -2.46. The van der Waals surface area contributed by atoms with E-state index in [1.807, 2.05) is 13.8 Å². The highest BCUT2D eigenvalue weighted by molar-refractivity contribution is 5.80. The molecule has 1 aromatic rings. The van der Waals surface area contributed by atoms with Gasteiger partial charge in [-0.25, -0.2) is 0 Å². The summed E-state index contributed by atoms with van der Waals surface area (Å²) in [5.74, 6) is -1.30. The van der Waals surface area contributed by atoms with Crippen LogP contribution >= 0.6 is 0 Å². The van der Waals surface area contributed by atoms with Gasteiger partial charge < -0.3 is 14.7 Å². The van der Waals surface area contributed by atoms with Crippen LogP contribution in [0.25, 0.3) is 0 Å². The van der Waals surface area contributed by atoms with Crippen molar-refractivity contribution in [2.45, 2.75) is 39.5 Å². The molecular formula is C17H24F2N2O4. The molecule has 0 aliphatic carbocycles. The molecule has 0 saturated heterocycles. The molecule has 0 aliphatic rings. The van der Waals surface area contributed by atoms with Crippen LogP contribution in [0.4, 0.5) is 8.78 Å². The molecule has 8 heteroatoms. The van der Waals surface area contributed by atoms with E-state index in [0.717, 1.165) is 5.56 Å². The summed E-state index contributed by atoms with van der Waals surface area (Å²) in [5.41, 5.74) is 0.745. The normalized spacial score (nSPS) is 13.4. The highest BCUT2D eigenvalue weighted by Gasteiger charge is 2.24. The van der Waals surface area contributed by atoms with E-state index in [4.69, 9.17) is 0 Å². The van der Waals surface area contributed by atoms with Crippen molar-refractivity contribution < 1.29 is 28.2 Å². The van der Waals surface area contributed by atoms with E-state index in [1.54, 1.807) is 19.2 Å². The summed E-state index contributed by atoms with van der Waals surface area (Å²) < 4.78 is 28.5. The number of likely N-dealkylation sites (N-methyl/N-ethyl adjacent to an activating group) is 1. The summed E-state index contributed by atoms with van der Waals surface area (Å²) in [6, 6.07) is 5.21. The van der Waals surface area contributed by atoms with Crippen molar-refractivity contribution >= 4 is 11.9 Å². The fourth-order valence-corrected chi connectivity index (χ4v) is 2.24. The first-order valence-corrected chi connectivity index (χ1v) is 7.98. The molecule has 0 saturated carbocycles. The number of hydrogen-bond acceptors (Lipinski definition) is 4. The standard InChI is InChI=1S/C17H24F2N2O4/c1-4-11(2)15(16(23)24)20-9-14(22)21(3)10-12-5-7-13(8-6-12)25-17(18)19/h5-8,11,15,17,20H,4,9-10H2,1-3H3,(H,23,24)/t11-,15-/m0/s1. The average molecular weight is 358 g/mol. The van der Waals surface area contributed by atoms with Crippen LogP contribution in [0.1, 0.15) is 25.8 Å². The second kappa shape index (κ2) is 9.93. The first-order chi connectivity index (χ1) is 11.7. The van der Waals surface area contributed by atoms with Gasteiger partial charge in [0.1, 0.15) is 11.8 Å². The maximum absolute atomic E-state index is 12.1. The third kappa shape index (κ3) is 7.04. The fourth-order valence-electron chi connectivity index (χ4n) is 2.24. The third-order valence-electron chi connectivity index (χ3n) is 3.95. The summed E-state index contributed by atoms with van der Waals surface area (Å²) >= 11 is 0. The van der Waals surface area contributed by atoms with Gasteiger partial charge in [0.25, 0.3) is 0 Å². The number of nitrogens with one attached hydrogen (secondary N) is 1. The van der Waals surface area contributed by atoms with Gasteiger partial charge in [-0.05, 0) is 23.6 Å². The zero-order valence-corrected chi connectivity index (χ0v) is 14.5. The lowest BCUT2D eigenvalue weighted by atomic mass is 9.99. The molecule has 0 fully saturated rings. The minimum Gasteiger partial charge on any atom is -0.480 e. The Morgan fingerprint density at radius 3 is 2.36 bits per heavy atom. The molecule has 0 unspecified atom stereocenters. The van der Waals surface area contributed by atoms with Crippen molar-refractivity contribution in [3.05, 3.63) is 29.8 Å². The van der Waals surface area contributed by atoms with Crippen LogP contribution in [0.2, 0.25) is 0 Å². The van der Waals surface area contributed by atoms with Gasteiger partial charge in [-0.3, -0.25) is 14.9 Å². The average Bonchev–Trinajstić information content (AvgIpc) is 2.55. The van der Waals surface area contributed by atoms with Crippen molar-refractivity contribution in [1.82, 2.24) is 10.2 Å². The lowest BCUT2D eigenvalue weighted by Gasteiger charge is -2.22. The van der Waals surface area contributed by atoms with E-state index in [0.29, 0.717) is 6.42 Å². The Bertz CT molecular complexity index is 566. The Morgan fingerprint density at radius 2 is 1.88 bits per heavy atom. The second-order valence-electron chi connectivity index (χ2n) is 5.85. The molecule has 2 N–H and O–H groups in total. The topological polar surface area (TPSA) is 78.9 Å². The van der Waals surface area contributed by atoms with Crippen LogP contribution < -0.4 is 10.1 Å². The molecular weight excluding hydrogens is 334 g/mol. The van der Waals surface area contributed by atoms with E-state index in [-0.39, 0.29) is 30.7 Å². The summed E-state index contributed by atoms with van der Waals surface area (Å²) in [4.78, 5) is 24.8. The van der Waals surface area contributed by atoms with Crippen molar-refractivity contribution in [2.24, 2.45) is 5.92 Å². The van der Waals surface area contributed by atoms with Gasteiger partial charge >= 0.3 is 12.6 Å². The molecule has 0 aromatic heterocycles. The number of benzene rings is 1. The van der Waals surface area contributed by atoms with Crippen LogP contribution in [0.3, 0.4) is 0 Å². The van der Waals surface area contributed by atoms with Crippen molar-refractivity contribution in [3.63, 3.8) is 0 Å². The molecule has 0 aliphatic heterocycles. The number of alkyl halides is 2. The van der Waals surface area contributed by atoms with Gasteiger partial charge in [0, 0.05) is 13.6 Å². The quantitative estimate of drug-likeness (QED) is 0.671. The van der Waals surface area contributed by atoms with E-state index in [2.05, 4.69) is 10.1 Å². The SMILES string of the molecule is CC[C@H](C)[C@H](NCC(=O)N(C)Cc1ccc(OC(F)F)cc1)C(=O)O. The van der Waals surface area contributed by atoms with Gasteiger partial charge in [0.15, 0.2) is 0 Å². The van der Waals surface area contributed by atoms with Gasteiger partial charge in [0.05, 0.1) is 6.54 Å². The van der Waals surface area contributed by atoms with Crippen LogP contribution in [0, 0.1) is 5.92 Å². The summed E-state index contributed by atoms with van der Waals surface area (Å²) in [6.45, 7) is 0.996. The fraction of sp³-hybridized carbons (Fsp3) is 0.529. The first kappa shape index (κ1) is 20.8. The maximum Gasteiger partial charge on any atom is 0.387 e. The summed E-state index contributed by atoms with van der Waals surface area (Å²) in [6.07, 6.45) is 0.682. The van der Waals surface area contributed by atoms with Crippen LogP contribution in [-0.2, 0) is 16.1 Å². The predicted octanol–water partition coefficient (Wildman–Crippen LogP) is 2.34. The third-order valence-corrected chi connectivity index (χ3v) is 3.95. The van der Waals surface area contributed by atoms with E-state index >= 15 is 0 Å². The molecule has 1 rings (SSSR count). The van der Waals surface area contributed by atoms with Gasteiger partial charge in [-0.1, -0.05) is 32.4 Å². The number of amides is 1. The number of carboxylic acids is 1. The van der Waals surface area contributed by atoms with Crippen LogP contribution in [0.5, 0.6) is 5.75 Å². The number of carbonyl (C=O) groups is 2. The molecule has 0 spiro atoms. The molecule has 0 radical (unpaired) electrons. The van der Waals surface area contributed by atoms with Crippen LogP contribution in [0.15, 0.2) is 24.3 Å². The second-order valence-corrected chi connectivity index (χ2v) is 5.85. The monoisotopic (exact) mass is 358 g/mol. The number of rotatable bonds is 10. The van der Waals surface area contributed by atoms with E-state index in [1.165, 1.54) is 17.0 Å². The molecule has 0 heterocycles. The smallest absolute Gasteiger partial charge is 0.387 e. The highest BCUT2D eigenvalue weighted by atomic mass is 19.3. The zero-order chi connectivity index (χ0) is 19.0. The number of carboxylic acid groups (broad SMARTS) is 1. The number of nitrogens with zero attached hydrogens (tertiary/aromatic N) is 1. The number of aliphatic carboxylic acids is 1. The number of halogens is 2. The number of hydrogen-bond donors (Lipinski definition) is 2. The largest absolute Gasteiger partial charge is 0.480 e. The van der Waals surface area contributed by atoms with Crippen molar-refractivity contribution in [3.8, 4) is 5.75 Å². The van der Waals surface area contributed by atoms with Crippen LogP contribution in [-0.4, -0.2) is 48.1 Å². The van der Waals surface area contributed by atoms with E-state index < -0.39 is 18.6 Å². The Morgan fingerprint density at radius 1 is 1.28 bits per heavy atom. The van der Waals surface area contributed by atoms with Crippen molar-refractivity contribution in [2.75, 3.05) is 13.6 Å². The Balaban J connectivity index is 2.54. The molecule has 6 nitrogen and oxygen atoms in total. The molecule has 140 valence electrons. The Labute approximate surface area is 145 Å². The summed E-state index contributed by atoms with van der Waals surface area (Å²) in [7, 11) is 1.59. The molecule has 0 bridgehead atoms. The minimum absolute atomic E-state index is 0.0484. The van der Waals surface area contributed by atoms with Crippen molar-refractivity contribution in [1.29, 1.82) is 0 Å². The summed E-state index contributed by atoms with van der Waals surface area (Å²) in [5, 5.41) is 12.0. The Hall–Kier alpha value is -2.22. The van der Waals surface area contributed by atoms with Gasteiger partial charge in [0.2, 0.25) is 5.91 Å². The number of carbonyl (C=O) groups excluding carboxylic acids is 1.